The summed E-state index contributed by atoms with van der Waals surface area (Å²) in [5.74, 6) is -1.29. The van der Waals surface area contributed by atoms with Gasteiger partial charge in [-0.25, -0.2) is 13.4 Å². The van der Waals surface area contributed by atoms with E-state index in [2.05, 4.69) is 28.0 Å². The molecule has 5 atom stereocenters. The van der Waals surface area contributed by atoms with Gasteiger partial charge in [0.1, 0.15) is 40.6 Å². The van der Waals surface area contributed by atoms with Gasteiger partial charge in [-0.2, -0.15) is 10.2 Å². The van der Waals surface area contributed by atoms with E-state index in [0.717, 1.165) is 5.39 Å². The topological polar surface area (TPSA) is 206 Å². The van der Waals surface area contributed by atoms with Gasteiger partial charge in [-0.05, 0) is 99.2 Å². The third-order valence-corrected chi connectivity index (χ3v) is 13.3. The Hall–Kier alpha value is -6.47. The molecule has 2 saturated carbocycles. The standard InChI is InChI=1S/C46H49N7O8S/c1-7-29-23-46(29,44(56)52-62(57,58)33-20-21-33)51-41(54)35-22-32(25-53(35)43(55)39(45(4,5)6)48-30-16-12-27(24-47)13-17-30)60-42-38-37(34-10-8-9-11-36(34)61-38)49-40(50-42)28-14-18-31(19-15-28)59-26(2)3/h7-19,26,29,32-33,35,39,48H,1,20-23,25H2,2-6H3,(H,51,54)(H,52,56)/t29-,32-,35+,39-,46-/m1/s1. The van der Waals surface area contributed by atoms with Gasteiger partial charge in [0.2, 0.25) is 27.4 Å². The van der Waals surface area contributed by atoms with Crippen LogP contribution in [0.25, 0.3) is 33.5 Å². The highest BCUT2D eigenvalue weighted by molar-refractivity contribution is 7.91. The van der Waals surface area contributed by atoms with Crippen LogP contribution in [0.5, 0.6) is 11.6 Å². The molecule has 3 aromatic carbocycles. The van der Waals surface area contributed by atoms with Crippen LogP contribution < -0.4 is 24.8 Å². The monoisotopic (exact) mass is 859 g/mol. The molecule has 3 heterocycles. The zero-order valence-electron chi connectivity index (χ0n) is 35.2. The van der Waals surface area contributed by atoms with Crippen molar-refractivity contribution >= 4 is 55.5 Å². The van der Waals surface area contributed by atoms with Crippen molar-refractivity contribution < 1.29 is 36.7 Å². The number of nitriles is 1. The van der Waals surface area contributed by atoms with Crippen LogP contribution in [0.4, 0.5) is 5.69 Å². The van der Waals surface area contributed by atoms with Gasteiger partial charge in [-0.15, -0.1) is 6.58 Å². The number of anilines is 1. The summed E-state index contributed by atoms with van der Waals surface area (Å²) in [6.07, 6.45) is 1.72. The summed E-state index contributed by atoms with van der Waals surface area (Å²) in [5, 5.41) is 15.6. The molecule has 1 aliphatic heterocycles. The number of aromatic nitrogens is 2. The van der Waals surface area contributed by atoms with E-state index in [9.17, 15) is 28.1 Å². The number of hydrogen-bond acceptors (Lipinski definition) is 12. The van der Waals surface area contributed by atoms with Crippen molar-refractivity contribution in [3.05, 3.63) is 91.0 Å². The van der Waals surface area contributed by atoms with Gasteiger partial charge in [-0.1, -0.05) is 39.0 Å². The fourth-order valence-electron chi connectivity index (χ4n) is 7.90. The highest BCUT2D eigenvalue weighted by Crippen LogP contribution is 2.46. The second-order valence-electron chi connectivity index (χ2n) is 17.6. The van der Waals surface area contributed by atoms with E-state index in [4.69, 9.17) is 23.9 Å². The first-order valence-corrected chi connectivity index (χ1v) is 22.2. The highest BCUT2D eigenvalue weighted by atomic mass is 32.2. The lowest BCUT2D eigenvalue weighted by molar-refractivity contribution is -0.141. The lowest BCUT2D eigenvalue weighted by Crippen LogP contribution is -2.58. The molecule has 3 fully saturated rings. The number of nitrogens with zero attached hydrogens (tertiary/aromatic N) is 4. The molecule has 2 aromatic heterocycles. The summed E-state index contributed by atoms with van der Waals surface area (Å²) in [6, 6.07) is 21.6. The summed E-state index contributed by atoms with van der Waals surface area (Å²) in [4.78, 5) is 54.5. The maximum Gasteiger partial charge on any atom is 0.262 e. The molecule has 15 nitrogen and oxygen atoms in total. The lowest BCUT2D eigenvalue weighted by Gasteiger charge is -2.36. The number of carbonyl (C=O) groups is 3. The van der Waals surface area contributed by atoms with Crippen LogP contribution in [0, 0.1) is 22.7 Å². The minimum absolute atomic E-state index is 0.00950. The van der Waals surface area contributed by atoms with Crippen molar-refractivity contribution in [3.8, 4) is 29.1 Å². The largest absolute Gasteiger partial charge is 0.491 e. The number of furan rings is 1. The van der Waals surface area contributed by atoms with Crippen LogP contribution in [0.2, 0.25) is 0 Å². The molecule has 62 heavy (non-hydrogen) atoms. The third kappa shape index (κ3) is 8.41. The Kier molecular flexibility index (Phi) is 11.0. The van der Waals surface area contributed by atoms with E-state index >= 15 is 0 Å². The second-order valence-corrected chi connectivity index (χ2v) is 19.6. The summed E-state index contributed by atoms with van der Waals surface area (Å²) in [5.41, 5.74) is 0.839. The average Bonchev–Trinajstić information content (AvgIpc) is 4.14. The Morgan fingerprint density at radius 1 is 1.03 bits per heavy atom. The van der Waals surface area contributed by atoms with Crippen LogP contribution in [-0.4, -0.2) is 82.6 Å². The van der Waals surface area contributed by atoms with Crippen molar-refractivity contribution in [1.82, 2.24) is 24.9 Å². The number of ether oxygens (including phenoxy) is 2. The van der Waals surface area contributed by atoms with Crippen molar-refractivity contribution in [2.75, 3.05) is 11.9 Å². The molecule has 322 valence electrons. The van der Waals surface area contributed by atoms with Gasteiger partial charge in [0.15, 0.2) is 5.82 Å². The van der Waals surface area contributed by atoms with Crippen LogP contribution >= 0.6 is 0 Å². The summed E-state index contributed by atoms with van der Waals surface area (Å²) in [7, 11) is -3.93. The minimum atomic E-state index is -3.93. The van der Waals surface area contributed by atoms with Crippen LogP contribution in [0.15, 0.2) is 89.9 Å². The molecular formula is C46H49N7O8S. The van der Waals surface area contributed by atoms with Crippen LogP contribution in [0.1, 0.15) is 65.9 Å². The van der Waals surface area contributed by atoms with Gasteiger partial charge < -0.3 is 29.4 Å². The maximum atomic E-state index is 14.9. The van der Waals surface area contributed by atoms with E-state index in [-0.39, 0.29) is 37.0 Å². The van der Waals surface area contributed by atoms with E-state index < -0.39 is 68.1 Å². The fourth-order valence-corrected chi connectivity index (χ4v) is 9.27. The first-order chi connectivity index (χ1) is 29.5. The minimum Gasteiger partial charge on any atom is -0.491 e. The Labute approximate surface area is 359 Å². The SMILES string of the molecule is C=C[C@@H]1C[C@]1(NC(=O)[C@@H]1C[C@@H](Oc2nc(-c3ccc(OC(C)C)cc3)nc3c2oc2ccccc23)CN1C(=O)[C@@H](Nc1ccc(C#N)cc1)C(C)(C)C)C(=O)NS(=O)(=O)C1CC1. The molecule has 8 rings (SSSR count). The van der Waals surface area contributed by atoms with Crippen molar-refractivity contribution in [3.63, 3.8) is 0 Å². The molecule has 1 saturated heterocycles. The second kappa shape index (κ2) is 16.1. The van der Waals surface area contributed by atoms with Gasteiger partial charge in [-0.3, -0.25) is 19.1 Å². The maximum absolute atomic E-state index is 14.9. The molecule has 0 unspecified atom stereocenters. The number of amides is 3. The summed E-state index contributed by atoms with van der Waals surface area (Å²) in [6.45, 7) is 13.3. The molecule has 0 radical (unpaired) electrons. The average molecular weight is 860 g/mol. The summed E-state index contributed by atoms with van der Waals surface area (Å²) >= 11 is 0. The van der Waals surface area contributed by atoms with Gasteiger partial charge in [0.25, 0.3) is 11.8 Å². The van der Waals surface area contributed by atoms with Gasteiger partial charge >= 0.3 is 0 Å². The zero-order chi connectivity index (χ0) is 44.1. The number of hydrogen-bond donors (Lipinski definition) is 3. The number of sulfonamides is 1. The highest BCUT2D eigenvalue weighted by Gasteiger charge is 2.62. The predicted octanol–water partition coefficient (Wildman–Crippen LogP) is 6.25. The molecule has 0 bridgehead atoms. The van der Waals surface area contributed by atoms with Crippen LogP contribution in [0.3, 0.4) is 0 Å². The number of likely N-dealkylation sites (tertiary alicyclic amines) is 1. The number of para-hydroxylation sites is 1. The Morgan fingerprint density at radius 3 is 2.37 bits per heavy atom. The molecule has 2 aliphatic carbocycles. The fraction of sp³-hybridized carbons (Fsp3) is 0.391. The molecule has 3 N–H and O–H groups in total. The Balaban J connectivity index is 1.14. The number of fused-ring (bicyclic) bond motifs is 3. The molecule has 16 heteroatoms. The van der Waals surface area contributed by atoms with Gasteiger partial charge in [0.05, 0.1) is 29.5 Å². The van der Waals surface area contributed by atoms with Gasteiger partial charge in [0, 0.05) is 29.0 Å². The predicted molar refractivity (Wildman–Crippen MR) is 232 cm³/mol. The van der Waals surface area contributed by atoms with E-state index in [0.29, 0.717) is 52.3 Å². The molecular weight excluding hydrogens is 811 g/mol. The number of rotatable bonds is 14. The van der Waals surface area contributed by atoms with Crippen LogP contribution in [-0.2, 0) is 24.4 Å². The number of carbonyl (C=O) groups excluding carboxylic acids is 3. The smallest absolute Gasteiger partial charge is 0.262 e. The molecule has 0 spiro atoms. The zero-order valence-corrected chi connectivity index (χ0v) is 36.0. The summed E-state index contributed by atoms with van der Waals surface area (Å²) < 4.78 is 46.7. The first kappa shape index (κ1) is 42.2. The van der Waals surface area contributed by atoms with Crippen molar-refractivity contribution in [1.29, 1.82) is 5.26 Å². The molecule has 5 aromatic rings. The molecule has 3 aliphatic rings. The Bertz CT molecular complexity index is 2720. The van der Waals surface area contributed by atoms with E-state index in [1.165, 1.54) is 11.0 Å². The van der Waals surface area contributed by atoms with E-state index in [1.807, 2.05) is 83.1 Å². The number of benzene rings is 3. The first-order valence-electron chi connectivity index (χ1n) is 20.7. The molecule has 3 amide bonds. The van der Waals surface area contributed by atoms with E-state index in [1.54, 1.807) is 24.3 Å². The van der Waals surface area contributed by atoms with Crippen molar-refractivity contribution in [2.24, 2.45) is 11.3 Å². The normalized spacial score (nSPS) is 21.6. The quantitative estimate of drug-likeness (QED) is 0.106. The Morgan fingerprint density at radius 2 is 1.74 bits per heavy atom. The third-order valence-electron chi connectivity index (χ3n) is 11.5. The number of nitrogens with one attached hydrogen (secondary N) is 3. The van der Waals surface area contributed by atoms with Crippen molar-refractivity contribution in [2.45, 2.75) is 95.4 Å². The lowest BCUT2D eigenvalue weighted by atomic mass is 9.85.